The largest absolute Gasteiger partial charge is 0.496 e. The summed E-state index contributed by atoms with van der Waals surface area (Å²) in [5.74, 6) is 0.504. The Balaban J connectivity index is 1.27. The van der Waals surface area contributed by atoms with E-state index in [1.807, 2.05) is 53.4 Å². The smallest absolute Gasteiger partial charge is 0.252 e. The number of β-amino-alcohol motifs (C(OH)–C–C–N with tert-alkyl or cyclic N) is 1. The van der Waals surface area contributed by atoms with Gasteiger partial charge in [0.15, 0.2) is 0 Å². The number of aliphatic hydroxyl groups is 1. The summed E-state index contributed by atoms with van der Waals surface area (Å²) in [5.41, 5.74) is 1.33. The first-order chi connectivity index (χ1) is 17.0. The Hall–Kier alpha value is -3.26. The minimum absolute atomic E-state index is 0.146. The van der Waals surface area contributed by atoms with Gasteiger partial charge in [-0.25, -0.2) is 0 Å². The molecule has 3 aromatic rings. The summed E-state index contributed by atoms with van der Waals surface area (Å²) in [4.78, 5) is 32.8. The summed E-state index contributed by atoms with van der Waals surface area (Å²) in [7, 11) is 1.68. The second-order valence-electron chi connectivity index (χ2n) is 9.92. The molecule has 0 aromatic heterocycles. The number of fused-ring (bicyclic) bond motifs is 3. The lowest BCUT2D eigenvalue weighted by Gasteiger charge is -2.58. The van der Waals surface area contributed by atoms with E-state index in [1.54, 1.807) is 7.11 Å². The molecule has 3 saturated heterocycles. The molecule has 180 valence electrons. The quantitative estimate of drug-likeness (QED) is 0.577. The number of carbonyl (C=O) groups is 2. The molecule has 3 aliphatic rings. The van der Waals surface area contributed by atoms with Crippen molar-refractivity contribution in [1.29, 1.82) is 0 Å². The molecule has 35 heavy (non-hydrogen) atoms. The van der Waals surface area contributed by atoms with Crippen LogP contribution in [-0.2, 0) is 22.7 Å². The van der Waals surface area contributed by atoms with E-state index in [4.69, 9.17) is 4.74 Å². The zero-order valence-corrected chi connectivity index (χ0v) is 19.8. The molecule has 1 spiro atoms. The number of aliphatic hydroxyl groups excluding tert-OH is 1. The fraction of sp³-hybridized carbons (Fsp3) is 0.357. The van der Waals surface area contributed by atoms with Gasteiger partial charge < -0.3 is 9.84 Å². The number of nitrogens with zero attached hydrogens (tertiary/aromatic N) is 3. The summed E-state index contributed by atoms with van der Waals surface area (Å²) < 4.78 is 5.53. The molecular formula is C28H29N3O4. The van der Waals surface area contributed by atoms with Gasteiger partial charge in [-0.05, 0) is 29.0 Å². The monoisotopic (exact) mass is 471 g/mol. The van der Waals surface area contributed by atoms with Crippen LogP contribution in [0.3, 0.4) is 0 Å². The lowest BCUT2D eigenvalue weighted by Crippen LogP contribution is -2.81. The molecule has 0 saturated carbocycles. The Morgan fingerprint density at radius 2 is 1.66 bits per heavy atom. The number of likely N-dealkylation sites (tertiary alicyclic amines) is 1. The molecule has 3 fully saturated rings. The van der Waals surface area contributed by atoms with Gasteiger partial charge in [0.05, 0.1) is 25.8 Å². The van der Waals surface area contributed by atoms with Crippen molar-refractivity contribution >= 4 is 22.6 Å². The molecule has 3 aliphatic heterocycles. The standard InChI is InChI=1S/C28H29N3O4/c1-35-25-12-11-20(22-9-5-6-10-23(22)25)15-29-17-28(18-29)27(34)30(14-19-7-3-2-4-8-19)26(33)24-13-21(32)16-31(24)28/h2-12,21,24,32H,13-18H2,1H3. The molecule has 0 bridgehead atoms. The molecule has 7 heteroatoms. The highest BCUT2D eigenvalue weighted by atomic mass is 16.5. The average molecular weight is 472 g/mol. The van der Waals surface area contributed by atoms with E-state index in [-0.39, 0.29) is 18.4 Å². The Morgan fingerprint density at radius 1 is 0.943 bits per heavy atom. The molecule has 2 amide bonds. The maximum atomic E-state index is 13.8. The molecule has 6 rings (SSSR count). The van der Waals surface area contributed by atoms with Crippen LogP contribution >= 0.6 is 0 Å². The van der Waals surface area contributed by atoms with E-state index < -0.39 is 17.7 Å². The van der Waals surface area contributed by atoms with Crippen LogP contribution in [0.1, 0.15) is 17.5 Å². The lowest BCUT2D eigenvalue weighted by molar-refractivity contribution is -0.181. The highest BCUT2D eigenvalue weighted by Crippen LogP contribution is 2.42. The van der Waals surface area contributed by atoms with Gasteiger partial charge in [0, 0.05) is 31.6 Å². The van der Waals surface area contributed by atoms with Crippen molar-refractivity contribution in [3.05, 3.63) is 77.9 Å². The van der Waals surface area contributed by atoms with Crippen LogP contribution in [0.25, 0.3) is 10.8 Å². The fourth-order valence-electron chi connectivity index (χ4n) is 6.10. The highest BCUT2D eigenvalue weighted by molar-refractivity contribution is 6.06. The van der Waals surface area contributed by atoms with Gasteiger partial charge in [0.1, 0.15) is 11.3 Å². The Labute approximate surface area is 204 Å². The van der Waals surface area contributed by atoms with Crippen LogP contribution in [0.5, 0.6) is 5.75 Å². The zero-order chi connectivity index (χ0) is 24.2. The van der Waals surface area contributed by atoms with Crippen LogP contribution in [0.2, 0.25) is 0 Å². The number of carbonyl (C=O) groups excluding carboxylic acids is 2. The summed E-state index contributed by atoms with van der Waals surface area (Å²) in [6.07, 6.45) is -0.215. The summed E-state index contributed by atoms with van der Waals surface area (Å²) in [6, 6.07) is 21.4. The molecule has 0 aliphatic carbocycles. The molecule has 2 atom stereocenters. The molecule has 7 nitrogen and oxygen atoms in total. The Morgan fingerprint density at radius 3 is 2.40 bits per heavy atom. The van der Waals surface area contributed by atoms with Gasteiger partial charge >= 0.3 is 0 Å². The lowest BCUT2D eigenvalue weighted by atomic mass is 9.82. The number of rotatable bonds is 5. The maximum Gasteiger partial charge on any atom is 0.252 e. The van der Waals surface area contributed by atoms with Crippen molar-refractivity contribution in [1.82, 2.24) is 14.7 Å². The van der Waals surface area contributed by atoms with Crippen LogP contribution in [0.4, 0.5) is 0 Å². The van der Waals surface area contributed by atoms with Crippen molar-refractivity contribution in [2.24, 2.45) is 0 Å². The second-order valence-corrected chi connectivity index (χ2v) is 9.92. The van der Waals surface area contributed by atoms with Crippen molar-refractivity contribution < 1.29 is 19.4 Å². The number of hydrogen-bond donors (Lipinski definition) is 1. The van der Waals surface area contributed by atoms with Gasteiger partial charge in [-0.3, -0.25) is 24.3 Å². The van der Waals surface area contributed by atoms with Crippen molar-refractivity contribution in [3.8, 4) is 5.75 Å². The van der Waals surface area contributed by atoms with E-state index in [9.17, 15) is 14.7 Å². The maximum absolute atomic E-state index is 13.8. The predicted molar refractivity (Wildman–Crippen MR) is 132 cm³/mol. The third-order valence-electron chi connectivity index (χ3n) is 7.77. The first-order valence-electron chi connectivity index (χ1n) is 12.1. The third kappa shape index (κ3) is 3.54. The average Bonchev–Trinajstić information content (AvgIpc) is 3.25. The normalized spacial score (nSPS) is 24.1. The number of methoxy groups -OCH3 is 1. The molecule has 0 radical (unpaired) electrons. The topological polar surface area (TPSA) is 73.3 Å². The van der Waals surface area contributed by atoms with Crippen LogP contribution < -0.4 is 4.74 Å². The first kappa shape index (κ1) is 22.2. The van der Waals surface area contributed by atoms with Crippen LogP contribution in [0, 0.1) is 0 Å². The Kier molecular flexibility index (Phi) is 5.36. The van der Waals surface area contributed by atoms with Gasteiger partial charge in [0.2, 0.25) is 5.91 Å². The van der Waals surface area contributed by atoms with Gasteiger partial charge in [-0.1, -0.05) is 60.7 Å². The summed E-state index contributed by atoms with van der Waals surface area (Å²) in [6.45, 7) is 2.40. The second kappa shape index (κ2) is 8.45. The number of imide groups is 1. The van der Waals surface area contributed by atoms with Crippen LogP contribution in [-0.4, -0.2) is 76.0 Å². The van der Waals surface area contributed by atoms with Gasteiger partial charge in [-0.2, -0.15) is 0 Å². The summed E-state index contributed by atoms with van der Waals surface area (Å²) in [5, 5.41) is 12.6. The fourth-order valence-corrected chi connectivity index (χ4v) is 6.10. The first-order valence-corrected chi connectivity index (χ1v) is 12.1. The highest BCUT2D eigenvalue weighted by Gasteiger charge is 2.64. The number of ether oxygens (including phenoxy) is 1. The molecule has 3 heterocycles. The van der Waals surface area contributed by atoms with E-state index in [0.29, 0.717) is 32.6 Å². The van der Waals surface area contributed by atoms with E-state index >= 15 is 0 Å². The van der Waals surface area contributed by atoms with Crippen molar-refractivity contribution in [3.63, 3.8) is 0 Å². The predicted octanol–water partition coefficient (Wildman–Crippen LogP) is 2.41. The summed E-state index contributed by atoms with van der Waals surface area (Å²) >= 11 is 0. The number of hydrogen-bond acceptors (Lipinski definition) is 6. The van der Waals surface area contributed by atoms with Gasteiger partial charge in [-0.15, -0.1) is 0 Å². The molecule has 1 N–H and O–H groups in total. The number of benzene rings is 3. The van der Waals surface area contributed by atoms with Crippen LogP contribution in [0.15, 0.2) is 66.7 Å². The molecular weight excluding hydrogens is 442 g/mol. The third-order valence-corrected chi connectivity index (χ3v) is 7.77. The van der Waals surface area contributed by atoms with E-state index in [2.05, 4.69) is 23.1 Å². The minimum Gasteiger partial charge on any atom is -0.496 e. The Bertz CT molecular complexity index is 1290. The SMILES string of the molecule is COc1ccc(CN2CC3(C2)C(=O)N(Cc2ccccc2)C(=O)C2CC(O)CN23)c2ccccc12. The van der Waals surface area contributed by atoms with Crippen molar-refractivity contribution in [2.45, 2.75) is 37.2 Å². The van der Waals surface area contributed by atoms with E-state index in [0.717, 1.165) is 22.1 Å². The van der Waals surface area contributed by atoms with Crippen molar-refractivity contribution in [2.75, 3.05) is 26.7 Å². The number of piperazine rings is 1. The molecule has 3 aromatic carbocycles. The van der Waals surface area contributed by atoms with Gasteiger partial charge in [0.25, 0.3) is 5.91 Å². The minimum atomic E-state index is -0.771. The molecule has 2 unspecified atom stereocenters. The van der Waals surface area contributed by atoms with E-state index in [1.165, 1.54) is 10.5 Å². The zero-order valence-electron chi connectivity index (χ0n) is 19.8. The number of amides is 2.